The summed E-state index contributed by atoms with van der Waals surface area (Å²) in [7, 11) is 0. The molecule has 9 N–H and O–H groups in total. The van der Waals surface area contributed by atoms with E-state index in [9.17, 15) is 39.3 Å². The maximum absolute atomic E-state index is 11.6. The molecule has 2 aromatic heterocycles. The number of hydrogen-bond acceptors (Lipinski definition) is 7. The maximum atomic E-state index is 11.6. The van der Waals surface area contributed by atoms with Crippen LogP contribution in [-0.4, -0.2) is 77.1 Å². The number of aromatic nitrogens is 2. The lowest BCUT2D eigenvalue weighted by Crippen LogP contribution is -2.32. The Balaban J connectivity index is 2.48. The molecule has 0 spiro atoms. The van der Waals surface area contributed by atoms with Gasteiger partial charge in [-0.3, -0.25) is 24.0 Å². The van der Waals surface area contributed by atoms with Crippen molar-refractivity contribution in [2.24, 2.45) is 5.73 Å². The van der Waals surface area contributed by atoms with Crippen LogP contribution in [0.25, 0.3) is 0 Å². The largest absolute Gasteiger partial charge is 0.481 e. The van der Waals surface area contributed by atoms with Gasteiger partial charge < -0.3 is 41.2 Å². The Morgan fingerprint density at radius 1 is 0.784 bits per heavy atom. The molecule has 2 rings (SSSR count). The average Bonchev–Trinajstić information content (AvgIpc) is 3.30. The number of aromatic amines is 2. The number of aryl methyl sites for hydroxylation is 1. The molecule has 1 atom stereocenters. The van der Waals surface area contributed by atoms with Crippen LogP contribution in [0, 0.1) is 0 Å². The molecule has 13 nitrogen and oxygen atoms in total. The summed E-state index contributed by atoms with van der Waals surface area (Å²) in [5.74, 6) is -5.30. The van der Waals surface area contributed by atoms with Crippen molar-refractivity contribution < 1.29 is 49.5 Å². The topological polar surface area (TPSA) is 244 Å². The third-order valence-corrected chi connectivity index (χ3v) is 6.72. The number of hydrogen-bond donors (Lipinski definition) is 8. The molecule has 0 saturated heterocycles. The molecular formula is C23H29N3O10S. The Bertz CT molecular complexity index is 1170. The molecule has 0 bridgehead atoms. The summed E-state index contributed by atoms with van der Waals surface area (Å²) in [4.78, 5) is 62.5. The first kappa shape index (κ1) is 29.5. The Kier molecular flexibility index (Phi) is 10.8. The van der Waals surface area contributed by atoms with E-state index in [0.29, 0.717) is 39.3 Å². The van der Waals surface area contributed by atoms with Gasteiger partial charge in [0.1, 0.15) is 6.04 Å². The van der Waals surface area contributed by atoms with Gasteiger partial charge >= 0.3 is 29.8 Å². The molecule has 202 valence electrons. The molecule has 0 aromatic carbocycles. The number of H-pyrrole nitrogens is 2. The molecule has 0 aliphatic heterocycles. The van der Waals surface area contributed by atoms with Crippen LogP contribution in [0.2, 0.25) is 0 Å². The second kappa shape index (κ2) is 13.5. The number of carboxylic acids is 5. The standard InChI is InChI=1S/C23H29N3O10S/c24-15(23(35)36)9-37-10-18-14(6-22(33)34)12(2-4-20(29)30)17(26-18)7-16-13(5-21(31)32)11(8-25-16)1-3-19(27)28/h8,15,25-26H,1-7,9-10,24H2,(H,27,28)(H,29,30)(H,31,32)(H,33,34)(H,35,36)/t15-/m0/s1. The number of nitrogens with two attached hydrogens (primary N) is 1. The van der Waals surface area contributed by atoms with E-state index in [2.05, 4.69) is 9.97 Å². The molecule has 0 amide bonds. The molecule has 2 heterocycles. The maximum Gasteiger partial charge on any atom is 0.321 e. The highest BCUT2D eigenvalue weighted by Gasteiger charge is 2.23. The van der Waals surface area contributed by atoms with Gasteiger partial charge in [-0.15, -0.1) is 0 Å². The van der Waals surface area contributed by atoms with Crippen LogP contribution in [0.3, 0.4) is 0 Å². The number of carboxylic acid groups (broad SMARTS) is 5. The summed E-state index contributed by atoms with van der Waals surface area (Å²) < 4.78 is 0. The van der Waals surface area contributed by atoms with E-state index in [1.54, 1.807) is 6.20 Å². The monoisotopic (exact) mass is 539 g/mol. The van der Waals surface area contributed by atoms with Crippen LogP contribution >= 0.6 is 11.8 Å². The highest BCUT2D eigenvalue weighted by Crippen LogP contribution is 2.29. The van der Waals surface area contributed by atoms with Crippen LogP contribution in [0.4, 0.5) is 0 Å². The molecule has 0 unspecified atom stereocenters. The van der Waals surface area contributed by atoms with Gasteiger partial charge in [0.15, 0.2) is 0 Å². The van der Waals surface area contributed by atoms with Gasteiger partial charge in [-0.1, -0.05) is 0 Å². The van der Waals surface area contributed by atoms with Crippen LogP contribution in [-0.2, 0) is 61.8 Å². The van der Waals surface area contributed by atoms with Crippen molar-refractivity contribution in [1.29, 1.82) is 0 Å². The number of rotatable bonds is 17. The molecular weight excluding hydrogens is 510 g/mol. The highest BCUT2D eigenvalue weighted by atomic mass is 32.2. The van der Waals surface area contributed by atoms with Crippen LogP contribution < -0.4 is 5.73 Å². The molecule has 0 fully saturated rings. The van der Waals surface area contributed by atoms with Crippen molar-refractivity contribution in [3.63, 3.8) is 0 Å². The lowest BCUT2D eigenvalue weighted by molar-refractivity contribution is -0.138. The fourth-order valence-corrected chi connectivity index (χ4v) is 4.91. The van der Waals surface area contributed by atoms with Crippen molar-refractivity contribution >= 4 is 41.6 Å². The minimum absolute atomic E-state index is 0.0178. The predicted molar refractivity (Wildman–Crippen MR) is 131 cm³/mol. The van der Waals surface area contributed by atoms with Crippen molar-refractivity contribution in [2.45, 2.75) is 56.7 Å². The summed E-state index contributed by atoms with van der Waals surface area (Å²) in [6, 6.07) is -1.12. The van der Waals surface area contributed by atoms with E-state index in [-0.39, 0.29) is 50.0 Å². The average molecular weight is 540 g/mol. The van der Waals surface area contributed by atoms with Crippen LogP contribution in [0.5, 0.6) is 0 Å². The van der Waals surface area contributed by atoms with E-state index in [1.807, 2.05) is 0 Å². The quantitative estimate of drug-likeness (QED) is 0.139. The summed E-state index contributed by atoms with van der Waals surface area (Å²) in [5.41, 5.74) is 8.81. The lowest BCUT2D eigenvalue weighted by Gasteiger charge is -2.08. The van der Waals surface area contributed by atoms with E-state index >= 15 is 0 Å². The lowest BCUT2D eigenvalue weighted by atomic mass is 9.97. The molecule has 0 aliphatic carbocycles. The highest BCUT2D eigenvalue weighted by molar-refractivity contribution is 7.98. The van der Waals surface area contributed by atoms with E-state index in [1.165, 1.54) is 11.8 Å². The summed E-state index contributed by atoms with van der Waals surface area (Å²) >= 11 is 1.17. The van der Waals surface area contributed by atoms with Gasteiger partial charge in [0.05, 0.1) is 12.8 Å². The second-order valence-corrected chi connectivity index (χ2v) is 9.41. The normalized spacial score (nSPS) is 11.8. The molecule has 14 heteroatoms. The van der Waals surface area contributed by atoms with Gasteiger partial charge in [0.25, 0.3) is 0 Å². The van der Waals surface area contributed by atoms with E-state index < -0.39 is 42.3 Å². The number of nitrogens with one attached hydrogen (secondary N) is 2. The molecule has 0 radical (unpaired) electrons. The Morgan fingerprint density at radius 2 is 1.38 bits per heavy atom. The van der Waals surface area contributed by atoms with Gasteiger partial charge in [-0.25, -0.2) is 0 Å². The summed E-state index contributed by atoms with van der Waals surface area (Å²) in [6.45, 7) is 0. The Hall–Kier alpha value is -3.78. The third-order valence-electron chi connectivity index (χ3n) is 5.63. The third kappa shape index (κ3) is 8.99. The summed E-state index contributed by atoms with van der Waals surface area (Å²) in [6.07, 6.45) is 0.531. The first-order valence-electron chi connectivity index (χ1n) is 11.2. The van der Waals surface area contributed by atoms with Crippen LogP contribution in [0.15, 0.2) is 6.20 Å². The minimum atomic E-state index is -1.18. The van der Waals surface area contributed by atoms with E-state index in [4.69, 9.17) is 15.9 Å². The predicted octanol–water partition coefficient (Wildman–Crippen LogP) is 0.867. The molecule has 0 aliphatic rings. The van der Waals surface area contributed by atoms with Crippen LogP contribution in [0.1, 0.15) is 52.2 Å². The molecule has 2 aromatic rings. The number of thioether (sulfide) groups is 1. The smallest absolute Gasteiger partial charge is 0.321 e. The fraction of sp³-hybridized carbons (Fsp3) is 0.435. The molecule has 37 heavy (non-hydrogen) atoms. The van der Waals surface area contributed by atoms with Gasteiger partial charge in [-0.05, 0) is 35.1 Å². The van der Waals surface area contributed by atoms with Gasteiger partial charge in [-0.2, -0.15) is 11.8 Å². The number of carbonyl (C=O) groups is 5. The van der Waals surface area contributed by atoms with Crippen molar-refractivity contribution in [3.05, 3.63) is 45.5 Å². The zero-order chi connectivity index (χ0) is 27.7. The zero-order valence-corrected chi connectivity index (χ0v) is 20.6. The fourth-order valence-electron chi connectivity index (χ4n) is 3.94. The van der Waals surface area contributed by atoms with Gasteiger partial charge in [0.2, 0.25) is 0 Å². The first-order chi connectivity index (χ1) is 17.4. The Labute approximate surface area is 215 Å². The Morgan fingerprint density at radius 3 is 1.95 bits per heavy atom. The molecule has 0 saturated carbocycles. The van der Waals surface area contributed by atoms with Crippen molar-refractivity contribution in [2.75, 3.05) is 5.75 Å². The second-order valence-electron chi connectivity index (χ2n) is 8.38. The van der Waals surface area contributed by atoms with Crippen molar-refractivity contribution in [3.8, 4) is 0 Å². The SMILES string of the molecule is N[C@@H](CSCc1[nH]c(Cc2[nH]cc(CCC(=O)O)c2CC(=O)O)c(CCC(=O)O)c1CC(=O)O)C(=O)O. The van der Waals surface area contributed by atoms with Crippen molar-refractivity contribution in [1.82, 2.24) is 9.97 Å². The van der Waals surface area contributed by atoms with Gasteiger partial charge in [0, 0.05) is 54.0 Å². The zero-order valence-electron chi connectivity index (χ0n) is 19.8. The number of aliphatic carboxylic acids is 5. The summed E-state index contributed by atoms with van der Waals surface area (Å²) in [5, 5.41) is 46.1. The first-order valence-corrected chi connectivity index (χ1v) is 12.4. The van der Waals surface area contributed by atoms with E-state index in [0.717, 1.165) is 0 Å². The minimum Gasteiger partial charge on any atom is -0.481 e.